The lowest BCUT2D eigenvalue weighted by molar-refractivity contribution is 0.0523. The highest BCUT2D eigenvalue weighted by Gasteiger charge is 2.19. The van der Waals surface area contributed by atoms with E-state index in [0.717, 1.165) is 0 Å². The van der Waals surface area contributed by atoms with Crippen LogP contribution in [-0.2, 0) is 4.74 Å². The molecule has 0 fully saturated rings. The highest BCUT2D eigenvalue weighted by Crippen LogP contribution is 2.17. The second kappa shape index (κ2) is 4.93. The third-order valence-corrected chi connectivity index (χ3v) is 3.08. The number of ether oxygens (including phenoxy) is 1. The van der Waals surface area contributed by atoms with E-state index in [0.29, 0.717) is 34.5 Å². The minimum absolute atomic E-state index is 0.336. The van der Waals surface area contributed by atoms with E-state index in [1.54, 1.807) is 18.4 Å². The van der Waals surface area contributed by atoms with Crippen LogP contribution in [0.3, 0.4) is 0 Å². The van der Waals surface area contributed by atoms with E-state index >= 15 is 0 Å². The Morgan fingerprint density at radius 2 is 2.11 bits per heavy atom. The molecule has 0 aliphatic heterocycles. The lowest BCUT2D eigenvalue weighted by atomic mass is 10.2. The van der Waals surface area contributed by atoms with Crippen LogP contribution in [0.25, 0.3) is 5.78 Å². The summed E-state index contributed by atoms with van der Waals surface area (Å²) in [5, 5.41) is 4.90. The third-order valence-electron chi connectivity index (χ3n) is 2.54. The zero-order valence-electron chi connectivity index (χ0n) is 10.7. The van der Waals surface area contributed by atoms with Gasteiger partial charge in [-0.05, 0) is 27.0 Å². The number of hydrogen-bond acceptors (Lipinski definition) is 6. The van der Waals surface area contributed by atoms with Gasteiger partial charge < -0.3 is 4.74 Å². The molecule has 0 bridgehead atoms. The molecule has 0 aliphatic rings. The van der Waals surface area contributed by atoms with Crippen LogP contribution in [0.4, 0.5) is 0 Å². The Labute approximate surface area is 109 Å². The van der Waals surface area contributed by atoms with Crippen LogP contribution in [0.1, 0.15) is 28.7 Å². The smallest absolute Gasteiger partial charge is 0.341 e. The molecule has 0 saturated heterocycles. The van der Waals surface area contributed by atoms with Gasteiger partial charge in [0.25, 0.3) is 5.78 Å². The minimum Gasteiger partial charge on any atom is -0.462 e. The fourth-order valence-electron chi connectivity index (χ4n) is 1.74. The molecule has 18 heavy (non-hydrogen) atoms. The predicted octanol–water partition coefficient (Wildman–Crippen LogP) is 1.64. The lowest BCUT2D eigenvalue weighted by Gasteiger charge is -2.08. The highest BCUT2D eigenvalue weighted by atomic mass is 32.2. The van der Waals surface area contributed by atoms with Gasteiger partial charge in [0.2, 0.25) is 5.16 Å². The van der Waals surface area contributed by atoms with Crippen molar-refractivity contribution in [3.8, 4) is 0 Å². The Morgan fingerprint density at radius 1 is 1.39 bits per heavy atom. The van der Waals surface area contributed by atoms with E-state index in [4.69, 9.17) is 4.74 Å². The van der Waals surface area contributed by atoms with Crippen molar-refractivity contribution in [3.05, 3.63) is 17.0 Å². The number of aryl methyl sites for hydroxylation is 2. The molecule has 0 spiro atoms. The molecule has 2 aromatic rings. The molecule has 0 saturated carbocycles. The van der Waals surface area contributed by atoms with Crippen molar-refractivity contribution in [1.29, 1.82) is 0 Å². The first-order valence-electron chi connectivity index (χ1n) is 5.53. The quantitative estimate of drug-likeness (QED) is 0.621. The van der Waals surface area contributed by atoms with Gasteiger partial charge >= 0.3 is 5.97 Å². The summed E-state index contributed by atoms with van der Waals surface area (Å²) in [5.41, 5.74) is 1.77. The summed E-state index contributed by atoms with van der Waals surface area (Å²) in [6, 6.07) is 0. The standard InChI is InChI=1S/C11H14N4O2S/c1-5-17-9(16)8-6(2)12-10-13-11(18-4)14-15(10)7(8)3/h5H2,1-4H3. The Kier molecular flexibility index (Phi) is 3.51. The number of rotatable bonds is 3. The van der Waals surface area contributed by atoms with Crippen LogP contribution in [0.2, 0.25) is 0 Å². The third kappa shape index (κ3) is 2.05. The Morgan fingerprint density at radius 3 is 2.72 bits per heavy atom. The van der Waals surface area contributed by atoms with Gasteiger partial charge in [-0.25, -0.2) is 9.78 Å². The van der Waals surface area contributed by atoms with Gasteiger partial charge in [-0.2, -0.15) is 9.50 Å². The molecule has 0 aromatic carbocycles. The zero-order valence-corrected chi connectivity index (χ0v) is 11.5. The molecule has 0 N–H and O–H groups in total. The van der Waals surface area contributed by atoms with Gasteiger partial charge in [0.1, 0.15) is 5.56 Å². The molecular formula is C11H14N4O2S. The number of carbonyl (C=O) groups excluding carboxylic acids is 1. The molecular weight excluding hydrogens is 252 g/mol. The first-order chi connectivity index (χ1) is 8.58. The van der Waals surface area contributed by atoms with Crippen LogP contribution in [0.5, 0.6) is 0 Å². The van der Waals surface area contributed by atoms with E-state index in [-0.39, 0.29) is 5.97 Å². The maximum absolute atomic E-state index is 11.9. The minimum atomic E-state index is -0.372. The molecule has 0 radical (unpaired) electrons. The number of nitrogens with zero attached hydrogens (tertiary/aromatic N) is 4. The van der Waals surface area contributed by atoms with Gasteiger partial charge in [0.05, 0.1) is 18.0 Å². The maximum atomic E-state index is 11.9. The molecule has 96 valence electrons. The van der Waals surface area contributed by atoms with Gasteiger partial charge in [-0.1, -0.05) is 11.8 Å². The molecule has 7 heteroatoms. The number of thioether (sulfide) groups is 1. The summed E-state index contributed by atoms with van der Waals surface area (Å²) in [4.78, 5) is 20.4. The molecule has 0 amide bonds. The van der Waals surface area contributed by atoms with Crippen molar-refractivity contribution < 1.29 is 9.53 Å². The summed E-state index contributed by atoms with van der Waals surface area (Å²) in [5.74, 6) is 0.130. The fraction of sp³-hybridized carbons (Fsp3) is 0.455. The van der Waals surface area contributed by atoms with E-state index < -0.39 is 0 Å². The molecule has 2 aromatic heterocycles. The number of carbonyl (C=O) groups is 1. The molecule has 0 atom stereocenters. The number of esters is 1. The van der Waals surface area contributed by atoms with Gasteiger partial charge in [0, 0.05) is 0 Å². The summed E-state index contributed by atoms with van der Waals surface area (Å²) >= 11 is 1.43. The second-order valence-corrected chi connectivity index (χ2v) is 4.46. The first-order valence-corrected chi connectivity index (χ1v) is 6.76. The summed E-state index contributed by atoms with van der Waals surface area (Å²) in [7, 11) is 0. The Hall–Kier alpha value is -1.63. The predicted molar refractivity (Wildman–Crippen MR) is 68.0 cm³/mol. The van der Waals surface area contributed by atoms with Gasteiger partial charge in [-0.3, -0.25) is 0 Å². The summed E-state index contributed by atoms with van der Waals surface area (Å²) < 4.78 is 6.60. The van der Waals surface area contributed by atoms with Crippen LogP contribution in [0, 0.1) is 13.8 Å². The van der Waals surface area contributed by atoms with Crippen molar-refractivity contribution in [2.24, 2.45) is 0 Å². The van der Waals surface area contributed by atoms with Crippen LogP contribution < -0.4 is 0 Å². The van der Waals surface area contributed by atoms with Crippen molar-refractivity contribution in [1.82, 2.24) is 19.6 Å². The van der Waals surface area contributed by atoms with Crippen LogP contribution in [-0.4, -0.2) is 38.4 Å². The topological polar surface area (TPSA) is 69.4 Å². The van der Waals surface area contributed by atoms with E-state index in [9.17, 15) is 4.79 Å². The Bertz CT molecular complexity index is 609. The van der Waals surface area contributed by atoms with Crippen molar-refractivity contribution in [3.63, 3.8) is 0 Å². The fourth-order valence-corrected chi connectivity index (χ4v) is 2.08. The first kappa shape index (κ1) is 12.8. The van der Waals surface area contributed by atoms with Gasteiger partial charge in [0.15, 0.2) is 0 Å². The second-order valence-electron chi connectivity index (χ2n) is 3.69. The molecule has 0 unspecified atom stereocenters. The summed E-state index contributed by atoms with van der Waals surface area (Å²) in [6.07, 6.45) is 1.89. The van der Waals surface area contributed by atoms with Crippen molar-refractivity contribution >= 4 is 23.5 Å². The average Bonchev–Trinajstić information content (AvgIpc) is 2.72. The van der Waals surface area contributed by atoms with Crippen molar-refractivity contribution in [2.45, 2.75) is 25.9 Å². The lowest BCUT2D eigenvalue weighted by Crippen LogP contribution is -2.14. The highest BCUT2D eigenvalue weighted by molar-refractivity contribution is 7.98. The average molecular weight is 266 g/mol. The molecule has 2 heterocycles. The maximum Gasteiger partial charge on any atom is 0.341 e. The molecule has 0 aliphatic carbocycles. The Balaban J connectivity index is 2.63. The normalized spacial score (nSPS) is 10.9. The van der Waals surface area contributed by atoms with Crippen molar-refractivity contribution in [2.75, 3.05) is 12.9 Å². The molecule has 2 rings (SSSR count). The van der Waals surface area contributed by atoms with E-state index in [2.05, 4.69) is 15.1 Å². The van der Waals surface area contributed by atoms with Crippen LogP contribution >= 0.6 is 11.8 Å². The van der Waals surface area contributed by atoms with E-state index in [1.807, 2.05) is 13.2 Å². The monoisotopic (exact) mass is 266 g/mol. The van der Waals surface area contributed by atoms with Gasteiger partial charge in [-0.15, -0.1) is 5.10 Å². The summed E-state index contributed by atoms with van der Waals surface area (Å²) in [6.45, 7) is 5.69. The SMILES string of the molecule is CCOC(=O)c1c(C)nc2nc(SC)nn2c1C. The number of aromatic nitrogens is 4. The van der Waals surface area contributed by atoms with Crippen LogP contribution in [0.15, 0.2) is 5.16 Å². The van der Waals surface area contributed by atoms with E-state index in [1.165, 1.54) is 11.8 Å². The largest absolute Gasteiger partial charge is 0.462 e. The molecule has 6 nitrogen and oxygen atoms in total. The number of fused-ring (bicyclic) bond motifs is 1. The zero-order chi connectivity index (χ0) is 13.3. The number of hydrogen-bond donors (Lipinski definition) is 0.